The summed E-state index contributed by atoms with van der Waals surface area (Å²) in [5.74, 6) is 0.477. The first kappa shape index (κ1) is 12.7. The number of aliphatic hydroxyl groups excluding tert-OH is 1. The Balaban J connectivity index is 2.37. The molecule has 15 heavy (non-hydrogen) atoms. The van der Waals surface area contributed by atoms with Gasteiger partial charge in [-0.3, -0.25) is 0 Å². The molecule has 0 saturated carbocycles. The fourth-order valence-corrected chi connectivity index (χ4v) is 2.07. The second-order valence-corrected chi connectivity index (χ2v) is 5.03. The largest absolute Gasteiger partial charge is 0.396 e. The Morgan fingerprint density at radius 1 is 1.47 bits per heavy atom. The number of hydrogen-bond acceptors (Lipinski definition) is 3. The number of nitrogens with zero attached hydrogens (tertiary/aromatic N) is 1. The van der Waals surface area contributed by atoms with Crippen molar-refractivity contribution >= 4 is 6.29 Å². The van der Waals surface area contributed by atoms with Gasteiger partial charge in [-0.1, -0.05) is 13.8 Å². The number of aliphatic hydroxyl groups is 1. The zero-order valence-corrected chi connectivity index (χ0v) is 9.91. The average molecular weight is 213 g/mol. The molecule has 1 aliphatic heterocycles. The number of likely N-dealkylation sites (tertiary alicyclic amines) is 1. The summed E-state index contributed by atoms with van der Waals surface area (Å²) in [6.45, 7) is 7.31. The molecule has 1 unspecified atom stereocenters. The van der Waals surface area contributed by atoms with Crippen molar-refractivity contribution in [2.45, 2.75) is 33.1 Å². The highest BCUT2D eigenvalue weighted by Gasteiger charge is 2.27. The number of piperidine rings is 1. The van der Waals surface area contributed by atoms with Gasteiger partial charge in [0, 0.05) is 18.6 Å². The van der Waals surface area contributed by atoms with Crippen LogP contribution in [0.4, 0.5) is 0 Å². The van der Waals surface area contributed by atoms with E-state index in [0.717, 1.165) is 45.2 Å². The third kappa shape index (κ3) is 3.58. The number of aldehydes is 1. The van der Waals surface area contributed by atoms with Crippen molar-refractivity contribution in [1.82, 2.24) is 4.90 Å². The molecule has 0 bridgehead atoms. The van der Waals surface area contributed by atoms with E-state index < -0.39 is 0 Å². The van der Waals surface area contributed by atoms with Gasteiger partial charge in [-0.2, -0.15) is 0 Å². The van der Waals surface area contributed by atoms with Crippen LogP contribution >= 0.6 is 0 Å². The van der Waals surface area contributed by atoms with Gasteiger partial charge in [-0.25, -0.2) is 0 Å². The molecule has 88 valence electrons. The Hall–Kier alpha value is -0.410. The van der Waals surface area contributed by atoms with Crippen LogP contribution in [0.2, 0.25) is 0 Å². The highest BCUT2D eigenvalue weighted by Crippen LogP contribution is 2.23. The van der Waals surface area contributed by atoms with Crippen molar-refractivity contribution < 1.29 is 9.90 Å². The molecule has 1 N–H and O–H groups in total. The zero-order chi connectivity index (χ0) is 11.3. The lowest BCUT2D eigenvalue weighted by molar-refractivity contribution is -0.116. The number of rotatable bonds is 5. The average Bonchev–Trinajstić information content (AvgIpc) is 2.30. The Labute approximate surface area is 92.5 Å². The normalized spacial score (nSPS) is 23.7. The van der Waals surface area contributed by atoms with Crippen LogP contribution in [0, 0.1) is 11.3 Å². The summed E-state index contributed by atoms with van der Waals surface area (Å²) in [5, 5.41) is 9.03. The summed E-state index contributed by atoms with van der Waals surface area (Å²) in [4.78, 5) is 13.3. The predicted molar refractivity (Wildman–Crippen MR) is 60.7 cm³/mol. The fourth-order valence-electron chi connectivity index (χ4n) is 2.07. The second-order valence-electron chi connectivity index (χ2n) is 5.03. The van der Waals surface area contributed by atoms with E-state index in [2.05, 4.69) is 11.8 Å². The van der Waals surface area contributed by atoms with Gasteiger partial charge in [0.05, 0.1) is 0 Å². The van der Waals surface area contributed by atoms with Crippen LogP contribution in [0.1, 0.15) is 33.1 Å². The van der Waals surface area contributed by atoms with Gasteiger partial charge >= 0.3 is 0 Å². The van der Waals surface area contributed by atoms with E-state index in [1.807, 2.05) is 6.92 Å². The molecular formula is C12H23NO2. The maximum atomic E-state index is 11.0. The summed E-state index contributed by atoms with van der Waals surface area (Å²) < 4.78 is 0. The van der Waals surface area contributed by atoms with Crippen LogP contribution < -0.4 is 0 Å². The third-order valence-corrected chi connectivity index (χ3v) is 3.64. The molecule has 1 heterocycles. The topological polar surface area (TPSA) is 40.5 Å². The van der Waals surface area contributed by atoms with Crippen LogP contribution in [0.25, 0.3) is 0 Å². The van der Waals surface area contributed by atoms with Gasteiger partial charge in [-0.05, 0) is 38.3 Å². The van der Waals surface area contributed by atoms with Crippen molar-refractivity contribution in [1.29, 1.82) is 0 Å². The third-order valence-electron chi connectivity index (χ3n) is 3.64. The van der Waals surface area contributed by atoms with E-state index in [0.29, 0.717) is 12.5 Å². The van der Waals surface area contributed by atoms with E-state index >= 15 is 0 Å². The Kier molecular flexibility index (Phi) is 4.74. The molecule has 1 atom stereocenters. The van der Waals surface area contributed by atoms with E-state index in [4.69, 9.17) is 5.11 Å². The maximum absolute atomic E-state index is 11.0. The molecule has 0 amide bonds. The van der Waals surface area contributed by atoms with Gasteiger partial charge in [0.25, 0.3) is 0 Å². The van der Waals surface area contributed by atoms with Gasteiger partial charge < -0.3 is 14.8 Å². The van der Waals surface area contributed by atoms with Crippen molar-refractivity contribution in [3.8, 4) is 0 Å². The van der Waals surface area contributed by atoms with Crippen molar-refractivity contribution in [3.63, 3.8) is 0 Å². The first-order chi connectivity index (χ1) is 7.13. The quantitative estimate of drug-likeness (QED) is 0.700. The lowest BCUT2D eigenvalue weighted by Gasteiger charge is -2.35. The van der Waals surface area contributed by atoms with Crippen LogP contribution in [0.5, 0.6) is 0 Å². The summed E-state index contributed by atoms with van der Waals surface area (Å²) >= 11 is 0. The van der Waals surface area contributed by atoms with E-state index in [-0.39, 0.29) is 5.41 Å². The summed E-state index contributed by atoms with van der Waals surface area (Å²) in [5.41, 5.74) is -0.188. The van der Waals surface area contributed by atoms with Crippen molar-refractivity contribution in [3.05, 3.63) is 0 Å². The monoisotopic (exact) mass is 213 g/mol. The van der Waals surface area contributed by atoms with Crippen LogP contribution in [0.15, 0.2) is 0 Å². The minimum absolute atomic E-state index is 0.188. The molecule has 1 aliphatic rings. The molecular weight excluding hydrogens is 190 g/mol. The fraction of sp³-hybridized carbons (Fsp3) is 0.917. The Bertz CT molecular complexity index is 200. The predicted octanol–water partition coefficient (Wildman–Crippen LogP) is 1.31. The van der Waals surface area contributed by atoms with Crippen LogP contribution in [0.3, 0.4) is 0 Å². The molecule has 0 spiro atoms. The van der Waals surface area contributed by atoms with E-state index in [1.54, 1.807) is 0 Å². The lowest BCUT2D eigenvalue weighted by atomic mass is 9.87. The molecule has 3 heteroatoms. The highest BCUT2D eigenvalue weighted by molar-refractivity contribution is 5.58. The molecule has 0 aromatic heterocycles. The minimum atomic E-state index is -0.188. The number of carbonyl (C=O) groups excluding carboxylic acids is 1. The Morgan fingerprint density at radius 3 is 2.47 bits per heavy atom. The molecule has 0 aliphatic carbocycles. The number of carbonyl (C=O) groups is 1. The standard InChI is InChI=1S/C12H23NO2/c1-3-12(2,10-15)9-13-6-4-11(8-14)5-7-13/h10-11,14H,3-9H2,1-2H3. The smallest absolute Gasteiger partial charge is 0.127 e. The molecule has 0 aromatic rings. The van der Waals surface area contributed by atoms with Crippen LogP contribution in [-0.2, 0) is 4.79 Å². The van der Waals surface area contributed by atoms with Crippen molar-refractivity contribution in [2.24, 2.45) is 11.3 Å². The Morgan fingerprint density at radius 2 is 2.07 bits per heavy atom. The van der Waals surface area contributed by atoms with Gasteiger partial charge in [-0.15, -0.1) is 0 Å². The van der Waals surface area contributed by atoms with Gasteiger partial charge in [0.2, 0.25) is 0 Å². The van der Waals surface area contributed by atoms with Crippen LogP contribution in [-0.4, -0.2) is 42.5 Å². The first-order valence-corrected chi connectivity index (χ1v) is 5.93. The van der Waals surface area contributed by atoms with E-state index in [1.165, 1.54) is 0 Å². The van der Waals surface area contributed by atoms with Gasteiger partial charge in [0.1, 0.15) is 6.29 Å². The zero-order valence-electron chi connectivity index (χ0n) is 9.91. The summed E-state index contributed by atoms with van der Waals surface area (Å²) in [6.07, 6.45) is 4.12. The molecule has 1 fully saturated rings. The van der Waals surface area contributed by atoms with Gasteiger partial charge in [0.15, 0.2) is 0 Å². The first-order valence-electron chi connectivity index (χ1n) is 5.93. The minimum Gasteiger partial charge on any atom is -0.396 e. The second kappa shape index (κ2) is 5.61. The molecule has 0 radical (unpaired) electrons. The van der Waals surface area contributed by atoms with E-state index in [9.17, 15) is 4.79 Å². The molecule has 1 rings (SSSR count). The molecule has 0 aromatic carbocycles. The molecule has 3 nitrogen and oxygen atoms in total. The van der Waals surface area contributed by atoms with Crippen molar-refractivity contribution in [2.75, 3.05) is 26.2 Å². The highest BCUT2D eigenvalue weighted by atomic mass is 16.3. The lowest BCUT2D eigenvalue weighted by Crippen LogP contribution is -2.42. The SMILES string of the molecule is CCC(C)(C=O)CN1CCC(CO)CC1. The summed E-state index contributed by atoms with van der Waals surface area (Å²) in [7, 11) is 0. The number of hydrogen-bond donors (Lipinski definition) is 1. The molecule has 1 saturated heterocycles. The maximum Gasteiger partial charge on any atom is 0.127 e. The summed E-state index contributed by atoms with van der Waals surface area (Å²) in [6, 6.07) is 0.